The second-order valence-corrected chi connectivity index (χ2v) is 19.0. The van der Waals surface area contributed by atoms with Crippen LogP contribution < -0.4 is 5.32 Å². The SMILES string of the molecule is CC(C)C1=C2[C@H]3CC[C@@H]4[C@@]5(C)CC[C@H](OC(=O)CC(C)(C)C(=O)O)C(C)(C)[C@@H]5CC[C@@]4(C)[C@]3(C)CC[C@@]2(C(=O)NCc2ccccn2)CC1=O. The zero-order valence-corrected chi connectivity index (χ0v) is 31.9. The molecule has 274 valence electrons. The van der Waals surface area contributed by atoms with Crippen molar-refractivity contribution in [2.24, 2.45) is 56.2 Å². The standard InChI is InChI=1S/C42H60N2O6/c1-25(2)33-28(45)22-42(35(47)44-24-26-12-10-11-21-43-26)20-19-40(8)27(34(33)42)13-14-30-39(7)17-16-31(50-32(46)23-37(3,4)36(48)49)38(5,6)29(39)15-18-41(30,40)9/h10-12,21,25,27,29-31H,13-20,22-24H2,1-9H3,(H,44,47)(H,48,49)/t27-,29+,30-,31+,39+,40-,41-,42-/m1/s1. The van der Waals surface area contributed by atoms with Crippen LogP contribution in [0, 0.1) is 56.2 Å². The van der Waals surface area contributed by atoms with Gasteiger partial charge in [-0.3, -0.25) is 24.2 Å². The predicted octanol–water partition coefficient (Wildman–Crippen LogP) is 8.09. The van der Waals surface area contributed by atoms with Gasteiger partial charge in [-0.2, -0.15) is 0 Å². The van der Waals surface area contributed by atoms with E-state index in [9.17, 15) is 24.3 Å². The van der Waals surface area contributed by atoms with Crippen molar-refractivity contribution in [2.75, 3.05) is 0 Å². The van der Waals surface area contributed by atoms with Crippen molar-refractivity contribution in [3.8, 4) is 0 Å². The zero-order valence-electron chi connectivity index (χ0n) is 31.9. The van der Waals surface area contributed by atoms with Gasteiger partial charge < -0.3 is 15.2 Å². The highest BCUT2D eigenvalue weighted by Gasteiger charge is 2.71. The van der Waals surface area contributed by atoms with Crippen LogP contribution >= 0.6 is 0 Å². The summed E-state index contributed by atoms with van der Waals surface area (Å²) in [6.07, 6.45) is 9.03. The lowest BCUT2D eigenvalue weighted by Crippen LogP contribution is -2.66. The number of hydrogen-bond donors (Lipinski definition) is 2. The van der Waals surface area contributed by atoms with Gasteiger partial charge in [-0.15, -0.1) is 0 Å². The third-order valence-corrected chi connectivity index (χ3v) is 15.4. The Morgan fingerprint density at radius 3 is 2.32 bits per heavy atom. The summed E-state index contributed by atoms with van der Waals surface area (Å²) in [5.74, 6) is -0.251. The summed E-state index contributed by atoms with van der Waals surface area (Å²) < 4.78 is 6.14. The molecule has 0 aromatic carbocycles. The number of Topliss-reactive ketones (excluding diaryl/α,β-unsaturated/α-hetero) is 1. The van der Waals surface area contributed by atoms with Gasteiger partial charge in [0.25, 0.3) is 0 Å². The highest BCUT2D eigenvalue weighted by molar-refractivity contribution is 6.07. The Labute approximate surface area is 299 Å². The molecule has 0 bridgehead atoms. The minimum Gasteiger partial charge on any atom is -0.481 e. The van der Waals surface area contributed by atoms with Crippen LogP contribution in [0.4, 0.5) is 0 Å². The van der Waals surface area contributed by atoms with Crippen molar-refractivity contribution in [1.29, 1.82) is 0 Å². The highest BCUT2D eigenvalue weighted by Crippen LogP contribution is 2.76. The number of carboxylic acids is 1. The summed E-state index contributed by atoms with van der Waals surface area (Å²) in [6.45, 7) is 19.7. The lowest BCUT2D eigenvalue weighted by Gasteiger charge is -2.72. The first kappa shape index (κ1) is 36.8. The molecule has 0 spiro atoms. The molecule has 1 aromatic heterocycles. The quantitative estimate of drug-likeness (QED) is 0.265. The third-order valence-electron chi connectivity index (χ3n) is 15.4. The maximum atomic E-state index is 14.4. The Kier molecular flexibility index (Phi) is 9.03. The first-order valence-electron chi connectivity index (χ1n) is 19.1. The van der Waals surface area contributed by atoms with Gasteiger partial charge in [0.05, 0.1) is 29.5 Å². The van der Waals surface area contributed by atoms with Crippen molar-refractivity contribution >= 4 is 23.6 Å². The second kappa shape index (κ2) is 12.3. The highest BCUT2D eigenvalue weighted by atomic mass is 16.5. The van der Waals surface area contributed by atoms with E-state index in [0.29, 0.717) is 24.8 Å². The van der Waals surface area contributed by atoms with E-state index in [0.717, 1.165) is 61.8 Å². The summed E-state index contributed by atoms with van der Waals surface area (Å²) >= 11 is 0. The fraction of sp³-hybridized carbons (Fsp3) is 0.738. The summed E-state index contributed by atoms with van der Waals surface area (Å²) in [7, 11) is 0. The Hall–Kier alpha value is -3.03. The molecule has 8 atom stereocenters. The number of carboxylic acid groups (broad SMARTS) is 1. The molecule has 5 aliphatic carbocycles. The van der Waals surface area contributed by atoms with Crippen molar-refractivity contribution in [1.82, 2.24) is 10.3 Å². The molecule has 1 aromatic rings. The number of fused-ring (bicyclic) bond motifs is 7. The monoisotopic (exact) mass is 688 g/mol. The van der Waals surface area contributed by atoms with Crippen molar-refractivity contribution in [3.63, 3.8) is 0 Å². The van der Waals surface area contributed by atoms with Crippen LogP contribution in [-0.2, 0) is 30.5 Å². The Balaban J connectivity index is 1.29. The molecule has 0 unspecified atom stereocenters. The van der Waals surface area contributed by atoms with Crippen LogP contribution in [0.25, 0.3) is 0 Å². The molecular weight excluding hydrogens is 628 g/mol. The van der Waals surface area contributed by atoms with Gasteiger partial charge in [0.15, 0.2) is 5.78 Å². The number of esters is 1. The maximum absolute atomic E-state index is 14.4. The molecule has 0 aliphatic heterocycles. The van der Waals surface area contributed by atoms with Gasteiger partial charge in [-0.05, 0) is 128 Å². The Bertz CT molecular complexity index is 1600. The Morgan fingerprint density at radius 1 is 0.960 bits per heavy atom. The molecule has 1 heterocycles. The lowest BCUT2D eigenvalue weighted by molar-refractivity contribution is -0.233. The van der Waals surface area contributed by atoms with E-state index in [-0.39, 0.29) is 64.1 Å². The van der Waals surface area contributed by atoms with E-state index in [2.05, 4.69) is 58.8 Å². The summed E-state index contributed by atoms with van der Waals surface area (Å²) in [5, 5.41) is 12.8. The Morgan fingerprint density at radius 2 is 1.68 bits per heavy atom. The number of allylic oxidation sites excluding steroid dienone is 1. The normalized spacial score (nSPS) is 37.7. The van der Waals surface area contributed by atoms with Crippen LogP contribution in [0.5, 0.6) is 0 Å². The average Bonchev–Trinajstić information content (AvgIpc) is 3.35. The topological polar surface area (TPSA) is 123 Å². The van der Waals surface area contributed by atoms with E-state index in [4.69, 9.17) is 4.74 Å². The van der Waals surface area contributed by atoms with Crippen molar-refractivity contribution < 1.29 is 29.0 Å². The minimum absolute atomic E-state index is 0.0175. The van der Waals surface area contributed by atoms with Gasteiger partial charge in [0.1, 0.15) is 6.10 Å². The third kappa shape index (κ3) is 5.39. The number of hydrogen-bond acceptors (Lipinski definition) is 6. The van der Waals surface area contributed by atoms with Gasteiger partial charge >= 0.3 is 11.9 Å². The first-order chi connectivity index (χ1) is 23.2. The number of nitrogens with zero attached hydrogens (tertiary/aromatic N) is 1. The summed E-state index contributed by atoms with van der Waals surface area (Å²) in [4.78, 5) is 57.5. The van der Waals surface area contributed by atoms with Crippen LogP contribution in [0.3, 0.4) is 0 Å². The number of pyridine rings is 1. The fourth-order valence-electron chi connectivity index (χ4n) is 12.6. The number of aromatic nitrogens is 1. The fourth-order valence-corrected chi connectivity index (χ4v) is 12.6. The number of nitrogens with one attached hydrogen (secondary N) is 1. The maximum Gasteiger partial charge on any atom is 0.309 e. The molecule has 50 heavy (non-hydrogen) atoms. The predicted molar refractivity (Wildman–Crippen MR) is 191 cm³/mol. The smallest absolute Gasteiger partial charge is 0.309 e. The van der Waals surface area contributed by atoms with Crippen LogP contribution in [-0.4, -0.2) is 39.8 Å². The molecule has 0 saturated heterocycles. The molecule has 1 amide bonds. The molecule has 6 rings (SSSR count). The molecule has 5 aliphatic rings. The average molecular weight is 689 g/mol. The number of rotatable bonds is 8. The molecule has 2 N–H and O–H groups in total. The molecule has 4 saturated carbocycles. The van der Waals surface area contributed by atoms with Gasteiger partial charge in [-0.1, -0.05) is 54.5 Å². The second-order valence-electron chi connectivity index (χ2n) is 19.0. The number of carbonyl (C=O) groups is 4. The molecule has 4 fully saturated rings. The van der Waals surface area contributed by atoms with E-state index >= 15 is 0 Å². The lowest BCUT2D eigenvalue weighted by atomic mass is 9.33. The summed E-state index contributed by atoms with van der Waals surface area (Å²) in [6, 6.07) is 5.72. The van der Waals surface area contributed by atoms with E-state index < -0.39 is 22.8 Å². The van der Waals surface area contributed by atoms with Crippen LogP contribution in [0.1, 0.15) is 132 Å². The van der Waals surface area contributed by atoms with E-state index in [1.807, 2.05) is 18.2 Å². The number of carbonyl (C=O) groups excluding carboxylic acids is 3. The van der Waals surface area contributed by atoms with Crippen molar-refractivity contribution in [2.45, 2.75) is 139 Å². The molecular formula is C42H60N2O6. The first-order valence-corrected chi connectivity index (χ1v) is 19.1. The van der Waals surface area contributed by atoms with Gasteiger partial charge in [0, 0.05) is 18.0 Å². The number of ketones is 1. The number of ether oxygens (including phenoxy) is 1. The minimum atomic E-state index is -1.17. The van der Waals surface area contributed by atoms with Crippen LogP contribution in [0.2, 0.25) is 0 Å². The van der Waals surface area contributed by atoms with E-state index in [1.54, 1.807) is 20.0 Å². The largest absolute Gasteiger partial charge is 0.481 e. The molecule has 8 heteroatoms. The molecule has 8 nitrogen and oxygen atoms in total. The van der Waals surface area contributed by atoms with Gasteiger partial charge in [0.2, 0.25) is 5.91 Å². The number of amides is 1. The molecule has 0 radical (unpaired) electrons. The van der Waals surface area contributed by atoms with Gasteiger partial charge in [-0.25, -0.2) is 0 Å². The zero-order chi connectivity index (χ0) is 36.7. The van der Waals surface area contributed by atoms with Crippen LogP contribution in [0.15, 0.2) is 35.5 Å². The van der Waals surface area contributed by atoms with E-state index in [1.165, 1.54) is 0 Å². The number of aliphatic carboxylic acids is 1. The summed E-state index contributed by atoms with van der Waals surface area (Å²) in [5.41, 5.74) is 0.648. The van der Waals surface area contributed by atoms with Crippen molar-refractivity contribution in [3.05, 3.63) is 41.2 Å².